The molecule has 0 rings (SSSR count). The molecule has 74 valence electrons. The van der Waals surface area contributed by atoms with Gasteiger partial charge in [-0.25, -0.2) is 0 Å². The summed E-state index contributed by atoms with van der Waals surface area (Å²) >= 11 is 7.50. The summed E-state index contributed by atoms with van der Waals surface area (Å²) < 4.78 is 0. The van der Waals surface area contributed by atoms with Crippen molar-refractivity contribution in [3.8, 4) is 0 Å². The molecule has 12 heavy (non-hydrogen) atoms. The van der Waals surface area contributed by atoms with E-state index in [4.69, 9.17) is 0 Å². The number of hydrogen-bond acceptors (Lipinski definition) is 1. The van der Waals surface area contributed by atoms with Crippen LogP contribution in [-0.4, -0.2) is 17.3 Å². The van der Waals surface area contributed by atoms with Crippen LogP contribution in [0.1, 0.15) is 20.8 Å². The topological polar surface area (TPSA) is 0 Å². The second kappa shape index (κ2) is 12.9. The molecule has 0 nitrogen and oxygen atoms in total. The molecule has 0 aromatic rings. The molecular formula is C6H15HgI3S2. The first-order valence-corrected chi connectivity index (χ1v) is 40.8. The fourth-order valence-electron chi connectivity index (χ4n) is 0.582. The van der Waals surface area contributed by atoms with E-state index in [9.17, 15) is 0 Å². The maximum atomic E-state index is 2.65. The molecule has 0 unspecified atom stereocenters. The van der Waals surface area contributed by atoms with Crippen molar-refractivity contribution in [2.75, 3.05) is 17.3 Å². The zero-order chi connectivity index (χ0) is 10.0. The van der Waals surface area contributed by atoms with Crippen molar-refractivity contribution in [3.63, 3.8) is 0 Å². The van der Waals surface area contributed by atoms with Crippen molar-refractivity contribution >= 4 is 73.6 Å². The van der Waals surface area contributed by atoms with Gasteiger partial charge in [-0.1, -0.05) is 20.8 Å². The van der Waals surface area contributed by atoms with Crippen molar-refractivity contribution < 1.29 is 15.9 Å². The fraction of sp³-hybridized carbons (Fsp3) is 1.00. The first-order chi connectivity index (χ1) is 5.60. The summed E-state index contributed by atoms with van der Waals surface area (Å²) in [5.41, 5.74) is 0. The molecule has 0 N–H and O–H groups in total. The minimum atomic E-state index is -0.278. The normalized spacial score (nSPS) is 11.2. The summed E-state index contributed by atoms with van der Waals surface area (Å²) in [5, 5.41) is 0. The van der Waals surface area contributed by atoms with E-state index in [0.29, 0.717) is 0 Å². The predicted molar refractivity (Wildman–Crippen MR) is 88.9 cm³/mol. The van der Waals surface area contributed by atoms with Gasteiger partial charge in [0.25, 0.3) is 0 Å². The van der Waals surface area contributed by atoms with Gasteiger partial charge in [-0.15, -0.1) is 17.0 Å². The van der Waals surface area contributed by atoms with E-state index in [-0.39, 0.29) is 22.2 Å². The van der Waals surface area contributed by atoms with Crippen LogP contribution in [0.25, 0.3) is 0 Å². The van der Waals surface area contributed by atoms with Crippen LogP contribution in [-0.2, 0) is 15.9 Å². The van der Waals surface area contributed by atoms with Gasteiger partial charge in [-0.2, -0.15) is 0 Å². The van der Waals surface area contributed by atoms with Crippen LogP contribution in [0.15, 0.2) is 0 Å². The van der Waals surface area contributed by atoms with Gasteiger partial charge in [-0.3, -0.25) is 0 Å². The summed E-state index contributed by atoms with van der Waals surface area (Å²) in [7, 11) is 2.15. The van der Waals surface area contributed by atoms with E-state index in [0.717, 1.165) is 0 Å². The summed E-state index contributed by atoms with van der Waals surface area (Å²) in [5.74, 6) is 4.01. The van der Waals surface area contributed by atoms with Gasteiger partial charge >= 0.3 is 51.2 Å². The number of rotatable bonds is 4. The molecule has 0 spiro atoms. The van der Waals surface area contributed by atoms with E-state index in [1.807, 2.05) is 0 Å². The molecule has 0 aliphatic carbocycles. The van der Waals surface area contributed by atoms with E-state index in [1.165, 1.54) is 17.3 Å². The molecule has 0 aromatic carbocycles. The minimum absolute atomic E-state index is 0.143. The number of halogens is 3. The van der Waals surface area contributed by atoms with Gasteiger partial charge in [0.1, 0.15) is 0 Å². The molecule has 0 heterocycles. The Morgan fingerprint density at radius 2 is 1.50 bits per heavy atom. The second-order valence-corrected chi connectivity index (χ2v) is 54.5. The molecule has 0 aromatic heterocycles. The molecule has 0 amide bonds. The van der Waals surface area contributed by atoms with Crippen LogP contribution in [0.3, 0.4) is 0 Å². The maximum absolute atomic E-state index is 2.65. The molecular weight excluding hydrogens is 718 g/mol. The molecule has 0 radical (unpaired) electrons. The Bertz CT molecular complexity index is 90.9. The molecule has 0 saturated carbocycles. The average molecular weight is 733 g/mol. The zero-order valence-corrected chi connectivity index (χ0v) is 21.4. The Labute approximate surface area is 124 Å². The summed E-state index contributed by atoms with van der Waals surface area (Å²) in [6, 6.07) is 0. The van der Waals surface area contributed by atoms with Gasteiger partial charge in [0, 0.05) is 5.75 Å². The molecule has 0 bridgehead atoms. The van der Waals surface area contributed by atoms with Crippen LogP contribution in [0.4, 0.5) is 0 Å². The molecule has 6 heteroatoms. The van der Waals surface area contributed by atoms with Crippen LogP contribution < -0.4 is 0 Å². The van der Waals surface area contributed by atoms with Gasteiger partial charge < -0.3 is 0 Å². The average Bonchev–Trinajstić information content (AvgIpc) is 2.06. The first kappa shape index (κ1) is 18.2. The van der Waals surface area contributed by atoms with E-state index < -0.39 is 0 Å². The zero-order valence-electron chi connectivity index (χ0n) is 7.78. The van der Waals surface area contributed by atoms with E-state index in [2.05, 4.69) is 88.1 Å². The summed E-state index contributed by atoms with van der Waals surface area (Å²) in [6.45, 7) is 6.85. The molecule has 0 aliphatic heterocycles. The summed E-state index contributed by atoms with van der Waals surface area (Å²) in [6.07, 6.45) is -0.278. The van der Waals surface area contributed by atoms with Gasteiger partial charge in [0.15, 0.2) is 0 Å². The van der Waals surface area contributed by atoms with Crippen LogP contribution in [0.2, 0.25) is 0 Å². The molecule has 0 aliphatic rings. The van der Waals surface area contributed by atoms with Crippen molar-refractivity contribution in [3.05, 3.63) is 0 Å². The molecule has 0 atom stereocenters. The first-order valence-electron chi connectivity index (χ1n) is 3.84. The van der Waals surface area contributed by atoms with Crippen molar-refractivity contribution in [2.45, 2.75) is 20.8 Å². The van der Waals surface area contributed by atoms with Gasteiger partial charge in [0.05, 0.1) is 0 Å². The second-order valence-electron chi connectivity index (χ2n) is 1.81. The van der Waals surface area contributed by atoms with Crippen LogP contribution in [0, 0.1) is 0 Å². The number of hydrogen-bond donors (Lipinski definition) is 0. The Balaban J connectivity index is 0. The third-order valence-electron chi connectivity index (χ3n) is 1.19. The summed E-state index contributed by atoms with van der Waals surface area (Å²) in [4.78, 5) is 0. The van der Waals surface area contributed by atoms with E-state index >= 15 is 0 Å². The van der Waals surface area contributed by atoms with Crippen molar-refractivity contribution in [1.82, 2.24) is 0 Å². The Hall–Kier alpha value is 3.83. The van der Waals surface area contributed by atoms with Crippen LogP contribution >= 0.6 is 73.6 Å². The van der Waals surface area contributed by atoms with Crippen molar-refractivity contribution in [1.29, 1.82) is 0 Å². The Morgan fingerprint density at radius 3 is 1.58 bits per heavy atom. The van der Waals surface area contributed by atoms with Gasteiger partial charge in [0.2, 0.25) is 0 Å². The third kappa shape index (κ3) is 11.9. The van der Waals surface area contributed by atoms with E-state index in [1.54, 1.807) is 0 Å². The van der Waals surface area contributed by atoms with Crippen molar-refractivity contribution in [2.24, 2.45) is 0 Å². The molecule has 0 saturated heterocycles. The van der Waals surface area contributed by atoms with Crippen LogP contribution in [0.5, 0.6) is 0 Å². The third-order valence-corrected chi connectivity index (χ3v) is 13.0. The van der Waals surface area contributed by atoms with Gasteiger partial charge in [-0.05, 0) is 32.7 Å². The predicted octanol–water partition coefficient (Wildman–Crippen LogP) is 5.62. The Morgan fingerprint density at radius 1 is 1.17 bits per heavy atom. The fourth-order valence-corrected chi connectivity index (χ4v) is 6.30. The standard InChI is InChI=1S/C6H15IS2.Hg.2HI/c1-4-8-9(7,5-2)6-3;;;/h4-6H2,1-3H3;;2*1H/q;+2;;/p-2. The Kier molecular flexibility index (Phi) is 19.6. The SMILES string of the molecule is CCSS(I)(CC)CC.[I][Hg][I]. The quantitative estimate of drug-likeness (QED) is 0.206. The monoisotopic (exact) mass is 734 g/mol. The molecule has 0 fully saturated rings.